The van der Waals surface area contributed by atoms with Crippen LogP contribution in [0.4, 0.5) is 0 Å². The molecule has 6 heteroatoms. The normalized spacial score (nSPS) is 14.1. The summed E-state index contributed by atoms with van der Waals surface area (Å²) >= 11 is 3.41. The maximum absolute atomic E-state index is 13.9. The van der Waals surface area contributed by atoms with Crippen molar-refractivity contribution in [1.82, 2.24) is 14.5 Å². The number of benzene rings is 2. The monoisotopic (exact) mass is 489 g/mol. The van der Waals surface area contributed by atoms with Gasteiger partial charge in [-0.15, -0.1) is 11.3 Å². The van der Waals surface area contributed by atoms with E-state index in [-0.39, 0.29) is 5.56 Å². The molecule has 1 aliphatic heterocycles. The molecule has 0 fully saturated rings. The highest BCUT2D eigenvalue weighted by Crippen LogP contribution is 2.35. The van der Waals surface area contributed by atoms with Crippen LogP contribution >= 0.6 is 23.1 Å². The molecule has 0 atom stereocenters. The first-order valence-electron chi connectivity index (χ1n) is 12.0. The minimum Gasteiger partial charge on any atom is -0.294 e. The summed E-state index contributed by atoms with van der Waals surface area (Å²) in [7, 11) is 0. The third-order valence-corrected chi connectivity index (χ3v) is 8.47. The van der Waals surface area contributed by atoms with Gasteiger partial charge in [-0.1, -0.05) is 73.6 Å². The van der Waals surface area contributed by atoms with E-state index in [2.05, 4.69) is 49.9 Å². The predicted molar refractivity (Wildman–Crippen MR) is 144 cm³/mol. The van der Waals surface area contributed by atoms with Crippen LogP contribution in [0.3, 0.4) is 0 Å². The number of thioether (sulfide) groups is 1. The van der Waals surface area contributed by atoms with E-state index in [1.165, 1.54) is 21.6 Å². The molecule has 2 aromatic heterocycles. The summed E-state index contributed by atoms with van der Waals surface area (Å²) in [5, 5.41) is 1.63. The summed E-state index contributed by atoms with van der Waals surface area (Å²) in [5.74, 6) is 1.58. The fraction of sp³-hybridized carbons (Fsp3) is 0.357. The molecule has 0 bridgehead atoms. The van der Waals surface area contributed by atoms with Crippen molar-refractivity contribution in [1.29, 1.82) is 0 Å². The van der Waals surface area contributed by atoms with Gasteiger partial charge >= 0.3 is 0 Å². The topological polar surface area (TPSA) is 38.1 Å². The van der Waals surface area contributed by atoms with Gasteiger partial charge in [0.25, 0.3) is 5.56 Å². The number of para-hydroxylation sites is 1. The molecule has 4 nitrogen and oxygen atoms in total. The van der Waals surface area contributed by atoms with Crippen LogP contribution in [0.1, 0.15) is 41.8 Å². The smallest absolute Gasteiger partial charge is 0.267 e. The zero-order valence-electron chi connectivity index (χ0n) is 20.1. The number of rotatable bonds is 7. The number of hydrogen-bond acceptors (Lipinski definition) is 5. The lowest BCUT2D eigenvalue weighted by Gasteiger charge is -2.26. The van der Waals surface area contributed by atoms with Gasteiger partial charge in [-0.05, 0) is 48.9 Å². The van der Waals surface area contributed by atoms with Gasteiger partial charge in [-0.2, -0.15) is 0 Å². The van der Waals surface area contributed by atoms with Gasteiger partial charge in [0.1, 0.15) is 4.83 Å². The summed E-state index contributed by atoms with van der Waals surface area (Å²) in [6, 6.07) is 18.8. The molecule has 0 radical (unpaired) electrons. The van der Waals surface area contributed by atoms with Crippen molar-refractivity contribution in [2.24, 2.45) is 5.92 Å². The molecule has 5 rings (SSSR count). The molecule has 34 heavy (non-hydrogen) atoms. The minimum absolute atomic E-state index is 0.0766. The van der Waals surface area contributed by atoms with Gasteiger partial charge in [0.05, 0.1) is 11.1 Å². The van der Waals surface area contributed by atoms with Gasteiger partial charge in [0.2, 0.25) is 0 Å². The molecule has 2 aromatic carbocycles. The van der Waals surface area contributed by atoms with Gasteiger partial charge in [-0.3, -0.25) is 14.3 Å². The van der Waals surface area contributed by atoms with Crippen LogP contribution in [0.15, 0.2) is 64.5 Å². The van der Waals surface area contributed by atoms with E-state index >= 15 is 0 Å². The standard InChI is InChI=1S/C28H31N3OS2/c1-19(2)14-16-33-28-29-26-25(27(32)31(28)22-7-5-4-6-8-22)23-13-15-30(18-24(23)34-26)17-21-11-9-20(3)10-12-21/h4-12,19H,13-18H2,1-3H3. The number of nitrogens with zero attached hydrogens (tertiary/aromatic N) is 3. The molecule has 0 saturated heterocycles. The molecule has 0 spiro atoms. The van der Waals surface area contributed by atoms with Crippen molar-refractivity contribution in [3.8, 4) is 5.69 Å². The Labute approximate surface area is 209 Å². The van der Waals surface area contributed by atoms with Crippen LogP contribution in [0.25, 0.3) is 15.9 Å². The summed E-state index contributed by atoms with van der Waals surface area (Å²) < 4.78 is 1.83. The van der Waals surface area contributed by atoms with Gasteiger partial charge in [0, 0.05) is 30.3 Å². The number of aryl methyl sites for hydroxylation is 1. The Bertz CT molecular complexity index is 1340. The van der Waals surface area contributed by atoms with Gasteiger partial charge in [-0.25, -0.2) is 4.98 Å². The third-order valence-electron chi connectivity index (χ3n) is 6.39. The second-order valence-corrected chi connectivity index (χ2v) is 11.7. The van der Waals surface area contributed by atoms with Crippen LogP contribution in [0, 0.1) is 12.8 Å². The van der Waals surface area contributed by atoms with Crippen LogP contribution in [0.5, 0.6) is 0 Å². The molecule has 0 saturated carbocycles. The van der Waals surface area contributed by atoms with E-state index < -0.39 is 0 Å². The first-order valence-corrected chi connectivity index (χ1v) is 13.8. The van der Waals surface area contributed by atoms with Crippen molar-refractivity contribution in [3.05, 3.63) is 86.5 Å². The van der Waals surface area contributed by atoms with Gasteiger partial charge < -0.3 is 0 Å². The third kappa shape index (κ3) is 4.85. The molecule has 0 amide bonds. The van der Waals surface area contributed by atoms with Crippen molar-refractivity contribution in [2.75, 3.05) is 12.3 Å². The van der Waals surface area contributed by atoms with Crippen LogP contribution in [-0.4, -0.2) is 26.7 Å². The van der Waals surface area contributed by atoms with E-state index in [1.807, 2.05) is 34.9 Å². The maximum atomic E-state index is 13.9. The first-order chi connectivity index (χ1) is 16.5. The molecule has 176 valence electrons. The van der Waals surface area contributed by atoms with Crippen molar-refractivity contribution in [2.45, 2.75) is 51.9 Å². The molecule has 1 aliphatic rings. The summed E-state index contributed by atoms with van der Waals surface area (Å²) in [6.07, 6.45) is 2.00. The highest BCUT2D eigenvalue weighted by molar-refractivity contribution is 7.99. The number of aromatic nitrogens is 2. The van der Waals surface area contributed by atoms with Crippen molar-refractivity contribution < 1.29 is 0 Å². The lowest BCUT2D eigenvalue weighted by molar-refractivity contribution is 0.249. The van der Waals surface area contributed by atoms with E-state index in [1.54, 1.807) is 23.1 Å². The fourth-order valence-electron chi connectivity index (χ4n) is 4.45. The number of hydrogen-bond donors (Lipinski definition) is 0. The van der Waals surface area contributed by atoms with Crippen molar-refractivity contribution in [3.63, 3.8) is 0 Å². The van der Waals surface area contributed by atoms with E-state index in [4.69, 9.17) is 4.98 Å². The molecule has 4 aromatic rings. The zero-order valence-corrected chi connectivity index (χ0v) is 21.7. The second-order valence-electron chi connectivity index (χ2n) is 9.53. The minimum atomic E-state index is 0.0766. The Balaban J connectivity index is 1.51. The largest absolute Gasteiger partial charge is 0.294 e. The molecular weight excluding hydrogens is 458 g/mol. The number of thiophene rings is 1. The van der Waals surface area contributed by atoms with E-state index in [0.717, 1.165) is 59.3 Å². The zero-order chi connectivity index (χ0) is 23.7. The van der Waals surface area contributed by atoms with E-state index in [9.17, 15) is 4.79 Å². The average molecular weight is 490 g/mol. The Hall–Kier alpha value is -2.41. The van der Waals surface area contributed by atoms with Crippen molar-refractivity contribution >= 4 is 33.3 Å². The Kier molecular flexibility index (Phi) is 6.91. The van der Waals surface area contributed by atoms with E-state index in [0.29, 0.717) is 5.92 Å². The molecule has 0 N–H and O–H groups in total. The predicted octanol–water partition coefficient (Wildman–Crippen LogP) is 6.45. The molecule has 0 unspecified atom stereocenters. The quantitative estimate of drug-likeness (QED) is 0.221. The Morgan fingerprint density at radius 3 is 2.59 bits per heavy atom. The molecule has 3 heterocycles. The van der Waals surface area contributed by atoms with Crippen LogP contribution < -0.4 is 5.56 Å². The number of fused-ring (bicyclic) bond motifs is 3. The maximum Gasteiger partial charge on any atom is 0.267 e. The lowest BCUT2D eigenvalue weighted by atomic mass is 10.0. The van der Waals surface area contributed by atoms with Gasteiger partial charge in [0.15, 0.2) is 5.16 Å². The molecular formula is C28H31N3OS2. The van der Waals surface area contributed by atoms with Crippen LogP contribution in [0.2, 0.25) is 0 Å². The summed E-state index contributed by atoms with van der Waals surface area (Å²) in [6.45, 7) is 9.37. The lowest BCUT2D eigenvalue weighted by Crippen LogP contribution is -2.30. The second kappa shape index (κ2) is 10.1. The fourth-order valence-corrected chi connectivity index (χ4v) is 7.01. The summed E-state index contributed by atoms with van der Waals surface area (Å²) in [5.41, 5.74) is 4.81. The summed E-state index contributed by atoms with van der Waals surface area (Å²) in [4.78, 5) is 23.6. The Morgan fingerprint density at radius 1 is 1.09 bits per heavy atom. The Morgan fingerprint density at radius 2 is 1.85 bits per heavy atom. The SMILES string of the molecule is Cc1ccc(CN2CCc3c(sc4nc(SCCC(C)C)n(-c5ccccc5)c(=O)c34)C2)cc1. The van der Waals surface area contributed by atoms with Crippen LogP contribution in [-0.2, 0) is 19.5 Å². The average Bonchev–Trinajstić information content (AvgIpc) is 3.19. The highest BCUT2D eigenvalue weighted by Gasteiger charge is 2.25. The highest BCUT2D eigenvalue weighted by atomic mass is 32.2. The molecule has 0 aliphatic carbocycles. The first kappa shape index (κ1) is 23.3.